The minimum atomic E-state index is -0.706. The molecule has 0 aromatic heterocycles. The van der Waals surface area contributed by atoms with Crippen LogP contribution in [-0.2, 0) is 138 Å². The Morgan fingerprint density at radius 1 is 0.306 bits per heavy atom. The molecule has 98 heavy (non-hydrogen) atoms. The maximum Gasteiger partial charge on any atom is 0.407 e. The monoisotopic (exact) mass is 1420 g/mol. The molecule has 0 spiro atoms. The first-order chi connectivity index (χ1) is 48.6. The third-order valence-electron chi connectivity index (χ3n) is 14.0. The van der Waals surface area contributed by atoms with Crippen LogP contribution in [-0.4, -0.2) is 359 Å². The van der Waals surface area contributed by atoms with Crippen LogP contribution in [0.1, 0.15) is 44.9 Å². The lowest BCUT2D eigenvalue weighted by Crippen LogP contribution is -2.32. The number of ether oxygens (including phenoxy) is 25. The van der Waals surface area contributed by atoms with E-state index in [9.17, 15) is 19.2 Å². The van der Waals surface area contributed by atoms with Gasteiger partial charge in [-0.25, -0.2) is 9.59 Å². The minimum absolute atomic E-state index is 0.0511. The predicted octanol–water partition coefficient (Wildman–Crippen LogP) is 1.55. The van der Waals surface area contributed by atoms with Crippen molar-refractivity contribution in [3.8, 4) is 11.8 Å². The Kier molecular flexibility index (Phi) is 63.8. The number of nitrogens with zero attached hydrogens (tertiary/aromatic N) is 1. The smallest absolute Gasteiger partial charge is 0.407 e. The zero-order valence-electron chi connectivity index (χ0n) is 58.2. The lowest BCUT2D eigenvalue weighted by atomic mass is 10.1. The standard InChI is InChI=1S/C66H118N2O30/c69-63-7-8-64(70)68(63)98-65(71)9-11-73-13-15-75-17-19-77-21-23-79-25-27-81-29-31-83-33-35-85-37-39-87-41-43-89-45-47-91-49-51-93-53-55-95-57-58-96-56-54-94-52-50-92-48-46-90-44-42-88-40-38-86-36-34-84-32-30-82-28-26-80-24-22-78-20-18-76-16-14-74-12-10-67-66(72)97-59-62-60-5-3-1-2-4-6-61(60)62/h60-62H,3-59H2,(H,67,72)/t60-,61+,62?. The number of imide groups is 1. The molecule has 1 unspecified atom stereocenters. The first-order valence-electron chi connectivity index (χ1n) is 34.8. The Morgan fingerprint density at radius 3 is 0.735 bits per heavy atom. The molecule has 2 aliphatic carbocycles. The number of amides is 3. The van der Waals surface area contributed by atoms with Gasteiger partial charge in [-0.1, -0.05) is 0 Å². The van der Waals surface area contributed by atoms with Crippen molar-refractivity contribution in [1.29, 1.82) is 0 Å². The molecule has 1 saturated heterocycles. The van der Waals surface area contributed by atoms with Crippen LogP contribution in [0.25, 0.3) is 0 Å². The molecule has 2 fully saturated rings. The number of hydrogen-bond acceptors (Lipinski definition) is 30. The zero-order chi connectivity index (χ0) is 69.4. The highest BCUT2D eigenvalue weighted by atomic mass is 16.7. The number of hydroxylamine groups is 2. The van der Waals surface area contributed by atoms with Crippen molar-refractivity contribution < 1.29 is 142 Å². The summed E-state index contributed by atoms with van der Waals surface area (Å²) in [5.74, 6) is 6.47. The van der Waals surface area contributed by atoms with Crippen molar-refractivity contribution in [2.45, 2.75) is 44.9 Å². The van der Waals surface area contributed by atoms with Crippen LogP contribution in [0, 0.1) is 29.6 Å². The highest BCUT2D eigenvalue weighted by molar-refractivity contribution is 6.01. The topological polar surface area (TPSA) is 324 Å². The van der Waals surface area contributed by atoms with E-state index in [1.54, 1.807) is 0 Å². The number of carbonyl (C=O) groups is 4. The van der Waals surface area contributed by atoms with Gasteiger partial charge in [-0.15, -0.1) is 16.9 Å². The van der Waals surface area contributed by atoms with Crippen LogP contribution in [0.15, 0.2) is 0 Å². The maximum absolute atomic E-state index is 12.0. The van der Waals surface area contributed by atoms with E-state index in [1.807, 2.05) is 0 Å². The molecule has 1 heterocycles. The maximum atomic E-state index is 12.0. The van der Waals surface area contributed by atoms with Crippen LogP contribution in [0.2, 0.25) is 0 Å². The number of rotatable bonds is 78. The van der Waals surface area contributed by atoms with Crippen LogP contribution in [0.3, 0.4) is 0 Å². The van der Waals surface area contributed by atoms with Crippen molar-refractivity contribution in [3.63, 3.8) is 0 Å². The summed E-state index contributed by atoms with van der Waals surface area (Å²) in [6.07, 6.45) is 3.77. The number of alkyl carbamates (subject to hydrolysis) is 1. The summed E-state index contributed by atoms with van der Waals surface area (Å²) in [5.41, 5.74) is 0. The molecular formula is C66H118N2O30. The van der Waals surface area contributed by atoms with Crippen LogP contribution < -0.4 is 5.32 Å². The van der Waals surface area contributed by atoms with Gasteiger partial charge in [0.2, 0.25) is 0 Å². The molecular weight excluding hydrogens is 1300 g/mol. The quantitative estimate of drug-likeness (QED) is 0.0513. The molecule has 3 rings (SSSR count). The predicted molar refractivity (Wildman–Crippen MR) is 348 cm³/mol. The van der Waals surface area contributed by atoms with Gasteiger partial charge in [0.25, 0.3) is 11.8 Å². The van der Waals surface area contributed by atoms with Gasteiger partial charge >= 0.3 is 12.1 Å². The lowest BCUT2D eigenvalue weighted by Gasteiger charge is -2.12. The first kappa shape index (κ1) is 88.7. The van der Waals surface area contributed by atoms with Crippen molar-refractivity contribution >= 4 is 23.9 Å². The van der Waals surface area contributed by atoms with Crippen LogP contribution in [0.4, 0.5) is 4.79 Å². The highest BCUT2D eigenvalue weighted by Crippen LogP contribution is 2.52. The van der Waals surface area contributed by atoms with E-state index in [1.165, 1.54) is 0 Å². The Hall–Kier alpha value is -3.52. The van der Waals surface area contributed by atoms with Crippen molar-refractivity contribution in [2.24, 2.45) is 17.8 Å². The second-order valence-corrected chi connectivity index (χ2v) is 21.4. The van der Waals surface area contributed by atoms with Crippen molar-refractivity contribution in [2.75, 3.05) is 330 Å². The Labute approximate surface area is 579 Å². The summed E-state index contributed by atoms with van der Waals surface area (Å²) in [7, 11) is 0. The molecule has 1 saturated carbocycles. The second-order valence-electron chi connectivity index (χ2n) is 21.4. The van der Waals surface area contributed by atoms with Crippen LogP contribution >= 0.6 is 0 Å². The second kappa shape index (κ2) is 70.5. The molecule has 32 nitrogen and oxygen atoms in total. The van der Waals surface area contributed by atoms with E-state index in [4.69, 9.17) is 123 Å². The Morgan fingerprint density at radius 2 is 0.510 bits per heavy atom. The third-order valence-corrected chi connectivity index (χ3v) is 14.0. The molecule has 3 amide bonds. The summed E-state index contributed by atoms with van der Waals surface area (Å²) in [4.78, 5) is 51.3. The third kappa shape index (κ3) is 58.0. The summed E-state index contributed by atoms with van der Waals surface area (Å²) in [5, 5.41) is 3.26. The normalized spacial score (nSPS) is 15.9. The van der Waals surface area contributed by atoms with E-state index < -0.39 is 17.8 Å². The van der Waals surface area contributed by atoms with Gasteiger partial charge in [-0.2, -0.15) is 0 Å². The molecule has 1 N–H and O–H groups in total. The molecule has 0 radical (unpaired) electrons. The van der Waals surface area contributed by atoms with E-state index in [0.29, 0.717) is 340 Å². The Balaban J connectivity index is 0.833. The molecule has 3 atom stereocenters. The number of nitrogens with one attached hydrogen (secondary N) is 1. The van der Waals surface area contributed by atoms with Gasteiger partial charge < -0.3 is 129 Å². The van der Waals surface area contributed by atoms with Gasteiger partial charge in [0.1, 0.15) is 0 Å². The fourth-order valence-corrected chi connectivity index (χ4v) is 8.85. The molecule has 0 aromatic rings. The summed E-state index contributed by atoms with van der Waals surface area (Å²) in [6.45, 7) is 22.3. The van der Waals surface area contributed by atoms with Crippen LogP contribution in [0.5, 0.6) is 0 Å². The zero-order valence-corrected chi connectivity index (χ0v) is 58.2. The fourth-order valence-electron chi connectivity index (χ4n) is 8.85. The molecule has 572 valence electrons. The fraction of sp³-hybridized carbons (Fsp3) is 0.909. The number of carbonyl (C=O) groups excluding carboxylic acids is 4. The van der Waals surface area contributed by atoms with Gasteiger partial charge in [0.15, 0.2) is 0 Å². The summed E-state index contributed by atoms with van der Waals surface area (Å²) < 4.78 is 138. The highest BCUT2D eigenvalue weighted by Gasteiger charge is 2.49. The largest absolute Gasteiger partial charge is 0.449 e. The summed E-state index contributed by atoms with van der Waals surface area (Å²) >= 11 is 0. The van der Waals surface area contributed by atoms with E-state index in [2.05, 4.69) is 17.2 Å². The summed E-state index contributed by atoms with van der Waals surface area (Å²) in [6, 6.07) is 0. The number of fused-ring (bicyclic) bond motifs is 1. The average Bonchev–Trinajstić information content (AvgIpc) is 1.63. The van der Waals surface area contributed by atoms with Crippen molar-refractivity contribution in [3.05, 3.63) is 0 Å². The van der Waals surface area contributed by atoms with E-state index in [-0.39, 0.29) is 38.6 Å². The van der Waals surface area contributed by atoms with Crippen molar-refractivity contribution in [1.82, 2.24) is 10.4 Å². The van der Waals surface area contributed by atoms with Gasteiger partial charge in [0, 0.05) is 32.2 Å². The number of hydrogen-bond donors (Lipinski definition) is 1. The van der Waals surface area contributed by atoms with Gasteiger partial charge in [-0.3, -0.25) is 9.59 Å². The molecule has 1 aliphatic heterocycles. The molecule has 32 heteroatoms. The van der Waals surface area contributed by atoms with Gasteiger partial charge in [0.05, 0.1) is 330 Å². The SMILES string of the molecule is O=C(CCOCCOCCOCCOCCOCCOCCOCCOCCOCCOCCOCCOCCOCCOCCOCCOCCOCCOCCOCCOCCOCCOCCOCCOCCNC(=O)OCC1[C@H]2CCC#CCC[C@@H]12)ON1C(=O)CCC1=O. The molecule has 3 aliphatic rings. The Bertz CT molecular complexity index is 1840. The van der Waals surface area contributed by atoms with E-state index >= 15 is 0 Å². The lowest BCUT2D eigenvalue weighted by molar-refractivity contribution is -0.198. The average molecular weight is 1420 g/mol. The van der Waals surface area contributed by atoms with E-state index in [0.717, 1.165) is 25.7 Å². The first-order valence-corrected chi connectivity index (χ1v) is 34.8. The van der Waals surface area contributed by atoms with Gasteiger partial charge in [-0.05, 0) is 30.6 Å². The minimum Gasteiger partial charge on any atom is -0.449 e. The molecule has 0 bridgehead atoms. The molecule has 0 aromatic carbocycles.